The Bertz CT molecular complexity index is 1160. The summed E-state index contributed by atoms with van der Waals surface area (Å²) in [4.78, 5) is 35.3. The summed E-state index contributed by atoms with van der Waals surface area (Å²) < 4.78 is 6.92. The number of likely N-dealkylation sites (N-methyl/N-ethyl adjacent to an activating group) is 1. The second kappa shape index (κ2) is 7.03. The van der Waals surface area contributed by atoms with Gasteiger partial charge in [0, 0.05) is 37.3 Å². The zero-order valence-electron chi connectivity index (χ0n) is 14.8. The molecule has 0 spiro atoms. The summed E-state index contributed by atoms with van der Waals surface area (Å²) in [6.45, 7) is 0.433. The van der Waals surface area contributed by atoms with Gasteiger partial charge >= 0.3 is 0 Å². The summed E-state index contributed by atoms with van der Waals surface area (Å²) >= 11 is 0. The lowest BCUT2D eigenvalue weighted by molar-refractivity contribution is -0.130. The van der Waals surface area contributed by atoms with Gasteiger partial charge in [-0.25, -0.2) is 4.98 Å². The van der Waals surface area contributed by atoms with E-state index in [2.05, 4.69) is 9.97 Å². The van der Waals surface area contributed by atoms with E-state index >= 15 is 0 Å². The van der Waals surface area contributed by atoms with Crippen molar-refractivity contribution in [1.82, 2.24) is 19.4 Å². The first-order valence-corrected chi connectivity index (χ1v) is 8.64. The maximum atomic E-state index is 12.7. The van der Waals surface area contributed by atoms with E-state index in [-0.39, 0.29) is 23.6 Å². The lowest BCUT2D eigenvalue weighted by Crippen LogP contribution is -2.35. The van der Waals surface area contributed by atoms with E-state index in [1.807, 2.05) is 36.4 Å². The quantitative estimate of drug-likeness (QED) is 0.544. The topological polar surface area (TPSA) is 81.2 Å². The molecular weight excluding hydrogens is 344 g/mol. The van der Waals surface area contributed by atoms with Crippen LogP contribution in [0.2, 0.25) is 0 Å². The van der Waals surface area contributed by atoms with Gasteiger partial charge in [-0.2, -0.15) is 0 Å². The molecule has 27 heavy (non-hydrogen) atoms. The van der Waals surface area contributed by atoms with Gasteiger partial charge in [-0.1, -0.05) is 18.2 Å². The summed E-state index contributed by atoms with van der Waals surface area (Å²) in [6, 6.07) is 13.0. The second-order valence-corrected chi connectivity index (χ2v) is 6.34. The molecular formula is C20H18N4O3. The Morgan fingerprint density at radius 2 is 1.96 bits per heavy atom. The fraction of sp³-hybridized carbons (Fsp3) is 0.200. The first-order valence-electron chi connectivity index (χ1n) is 8.64. The van der Waals surface area contributed by atoms with E-state index in [0.29, 0.717) is 24.1 Å². The standard InChI is InChI=1S/C20H18N4O3/c1-23(11-9-14-6-4-5-10-21-14)17(25)12-24-13-22-18-15-7-2-3-8-16(15)27-19(18)20(24)26/h2-8,10,13H,9,11-12H2,1H3. The van der Waals surface area contributed by atoms with Crippen LogP contribution in [-0.4, -0.2) is 38.9 Å². The van der Waals surface area contributed by atoms with Gasteiger partial charge in [-0.3, -0.25) is 19.1 Å². The second-order valence-electron chi connectivity index (χ2n) is 6.34. The summed E-state index contributed by atoms with van der Waals surface area (Å²) in [5.74, 6) is -0.176. The minimum Gasteiger partial charge on any atom is -0.448 e. The van der Waals surface area contributed by atoms with E-state index in [4.69, 9.17) is 4.42 Å². The Hall–Kier alpha value is -3.48. The van der Waals surface area contributed by atoms with E-state index in [1.165, 1.54) is 10.9 Å². The molecule has 0 bridgehead atoms. The van der Waals surface area contributed by atoms with Crippen LogP contribution >= 0.6 is 0 Å². The minimum atomic E-state index is -0.359. The van der Waals surface area contributed by atoms with Crippen molar-refractivity contribution in [1.29, 1.82) is 0 Å². The van der Waals surface area contributed by atoms with Crippen LogP contribution in [0, 0.1) is 0 Å². The monoisotopic (exact) mass is 362 g/mol. The molecule has 1 amide bonds. The molecule has 0 aliphatic heterocycles. The highest BCUT2D eigenvalue weighted by Gasteiger charge is 2.16. The van der Waals surface area contributed by atoms with Gasteiger partial charge in [-0.05, 0) is 24.3 Å². The Labute approximate surface area is 154 Å². The molecule has 0 unspecified atom stereocenters. The summed E-state index contributed by atoms with van der Waals surface area (Å²) in [5, 5.41) is 0.788. The van der Waals surface area contributed by atoms with Crippen LogP contribution in [0.5, 0.6) is 0 Å². The lowest BCUT2D eigenvalue weighted by atomic mass is 10.2. The Morgan fingerprint density at radius 3 is 2.78 bits per heavy atom. The van der Waals surface area contributed by atoms with Gasteiger partial charge in [0.05, 0.1) is 6.33 Å². The number of rotatable bonds is 5. The van der Waals surface area contributed by atoms with Crippen LogP contribution in [0.4, 0.5) is 0 Å². The van der Waals surface area contributed by atoms with Crippen molar-refractivity contribution >= 4 is 28.0 Å². The molecule has 136 valence electrons. The fourth-order valence-electron chi connectivity index (χ4n) is 2.95. The minimum absolute atomic E-state index is 0.0858. The highest BCUT2D eigenvalue weighted by Crippen LogP contribution is 2.23. The number of furan rings is 1. The zero-order valence-corrected chi connectivity index (χ0v) is 14.8. The van der Waals surface area contributed by atoms with Crippen LogP contribution in [-0.2, 0) is 17.8 Å². The predicted molar refractivity (Wildman–Crippen MR) is 101 cm³/mol. The zero-order chi connectivity index (χ0) is 18.8. The Balaban J connectivity index is 1.52. The van der Waals surface area contributed by atoms with Gasteiger partial charge in [-0.15, -0.1) is 0 Å². The average Bonchev–Trinajstić information content (AvgIpc) is 3.08. The molecule has 0 aliphatic rings. The number of hydrogen-bond acceptors (Lipinski definition) is 5. The summed E-state index contributed by atoms with van der Waals surface area (Å²) in [7, 11) is 1.71. The average molecular weight is 362 g/mol. The molecule has 0 fully saturated rings. The molecule has 7 heteroatoms. The first kappa shape index (κ1) is 17.0. The fourth-order valence-corrected chi connectivity index (χ4v) is 2.95. The SMILES string of the molecule is CN(CCc1ccccn1)C(=O)Cn1cnc2c(oc3ccccc32)c1=O. The lowest BCUT2D eigenvalue weighted by Gasteiger charge is -2.17. The third-order valence-corrected chi connectivity index (χ3v) is 4.51. The largest absolute Gasteiger partial charge is 0.448 e. The normalized spacial score (nSPS) is 11.1. The van der Waals surface area contributed by atoms with Crippen LogP contribution in [0.3, 0.4) is 0 Å². The number of nitrogens with zero attached hydrogens (tertiary/aromatic N) is 4. The maximum Gasteiger partial charge on any atom is 0.297 e. The third kappa shape index (κ3) is 3.31. The molecule has 7 nitrogen and oxygen atoms in total. The summed E-state index contributed by atoms with van der Waals surface area (Å²) in [6.07, 6.45) is 3.78. The number of benzene rings is 1. The molecule has 0 atom stereocenters. The third-order valence-electron chi connectivity index (χ3n) is 4.51. The number of aromatic nitrogens is 3. The van der Waals surface area contributed by atoms with Crippen molar-refractivity contribution in [2.24, 2.45) is 0 Å². The molecule has 1 aromatic carbocycles. The van der Waals surface area contributed by atoms with Gasteiger partial charge < -0.3 is 9.32 Å². The highest BCUT2D eigenvalue weighted by atomic mass is 16.3. The predicted octanol–water partition coefficient (Wildman–Crippen LogP) is 2.24. The molecule has 3 heterocycles. The molecule has 0 N–H and O–H groups in total. The van der Waals surface area contributed by atoms with Crippen molar-refractivity contribution < 1.29 is 9.21 Å². The van der Waals surface area contributed by atoms with E-state index in [9.17, 15) is 9.59 Å². The number of hydrogen-bond donors (Lipinski definition) is 0. The molecule has 0 radical (unpaired) electrons. The highest BCUT2D eigenvalue weighted by molar-refractivity contribution is 6.01. The van der Waals surface area contributed by atoms with E-state index in [0.717, 1.165) is 11.1 Å². The van der Waals surface area contributed by atoms with E-state index < -0.39 is 0 Å². The summed E-state index contributed by atoms with van der Waals surface area (Å²) in [5.41, 5.74) is 1.85. The Morgan fingerprint density at radius 1 is 1.15 bits per heavy atom. The number of amides is 1. The molecule has 4 rings (SSSR count). The van der Waals surface area contributed by atoms with E-state index in [1.54, 1.807) is 24.2 Å². The molecule has 0 aliphatic carbocycles. The van der Waals surface area contributed by atoms with Crippen LogP contribution in [0.1, 0.15) is 5.69 Å². The molecule has 0 saturated carbocycles. The number of carbonyl (C=O) groups is 1. The number of pyridine rings is 1. The van der Waals surface area contributed by atoms with Crippen LogP contribution < -0.4 is 5.56 Å². The van der Waals surface area contributed by atoms with Crippen molar-refractivity contribution in [2.75, 3.05) is 13.6 Å². The van der Waals surface area contributed by atoms with Gasteiger partial charge in [0.1, 0.15) is 17.6 Å². The van der Waals surface area contributed by atoms with Gasteiger partial charge in [0.2, 0.25) is 11.5 Å². The van der Waals surface area contributed by atoms with Crippen molar-refractivity contribution in [2.45, 2.75) is 13.0 Å². The van der Waals surface area contributed by atoms with Crippen molar-refractivity contribution in [3.05, 3.63) is 71.0 Å². The Kier molecular flexibility index (Phi) is 4.42. The van der Waals surface area contributed by atoms with Crippen molar-refractivity contribution in [3.63, 3.8) is 0 Å². The molecule has 0 saturated heterocycles. The molecule has 4 aromatic rings. The first-order chi connectivity index (χ1) is 13.1. The molecule has 3 aromatic heterocycles. The maximum absolute atomic E-state index is 12.7. The smallest absolute Gasteiger partial charge is 0.297 e. The number of para-hydroxylation sites is 1. The van der Waals surface area contributed by atoms with Gasteiger partial charge in [0.25, 0.3) is 5.56 Å². The number of carbonyl (C=O) groups excluding carboxylic acids is 1. The van der Waals surface area contributed by atoms with Crippen LogP contribution in [0.25, 0.3) is 22.1 Å². The van der Waals surface area contributed by atoms with Crippen molar-refractivity contribution in [3.8, 4) is 0 Å². The number of fused-ring (bicyclic) bond motifs is 3. The van der Waals surface area contributed by atoms with Gasteiger partial charge in [0.15, 0.2) is 0 Å². The van der Waals surface area contributed by atoms with Crippen LogP contribution in [0.15, 0.2) is 64.2 Å².